The molecule has 18 heavy (non-hydrogen) atoms. The Labute approximate surface area is 114 Å². The molecule has 0 N–H and O–H groups in total. The second kappa shape index (κ2) is 5.95. The van der Waals surface area contributed by atoms with Crippen molar-refractivity contribution in [1.82, 2.24) is 4.90 Å². The Bertz CT molecular complexity index is 474. The van der Waals surface area contributed by atoms with Crippen LogP contribution in [-0.2, 0) is 0 Å². The van der Waals surface area contributed by atoms with E-state index in [1.54, 1.807) is 26.1 Å². The molecule has 0 aromatic heterocycles. The van der Waals surface area contributed by atoms with Crippen molar-refractivity contribution < 1.29 is 9.72 Å². The third-order valence-electron chi connectivity index (χ3n) is 2.53. The standard InChI is InChI=1S/C12H15BrN2O3/c1-8-5-4-6-10(15(17)18)11(8)12(16)14(3)7-9(2)13/h4-6,9H,7H2,1-3H3. The average Bonchev–Trinajstić information content (AvgIpc) is 2.26. The molecule has 1 atom stereocenters. The lowest BCUT2D eigenvalue weighted by Crippen LogP contribution is -2.32. The predicted octanol–water partition coefficient (Wildman–Crippen LogP) is 2.76. The van der Waals surface area contributed by atoms with Gasteiger partial charge in [-0.2, -0.15) is 0 Å². The summed E-state index contributed by atoms with van der Waals surface area (Å²) in [5, 5.41) is 10.9. The lowest BCUT2D eigenvalue weighted by Gasteiger charge is -2.19. The molecule has 1 rings (SSSR count). The number of hydrogen-bond acceptors (Lipinski definition) is 3. The van der Waals surface area contributed by atoms with Gasteiger partial charge in [0.1, 0.15) is 5.56 Å². The lowest BCUT2D eigenvalue weighted by molar-refractivity contribution is -0.385. The molecule has 1 aromatic rings. The molecule has 0 saturated carbocycles. The van der Waals surface area contributed by atoms with Gasteiger partial charge in [-0.05, 0) is 12.5 Å². The lowest BCUT2D eigenvalue weighted by atomic mass is 10.1. The number of rotatable bonds is 4. The SMILES string of the molecule is Cc1cccc([N+](=O)[O-])c1C(=O)N(C)CC(C)Br. The van der Waals surface area contributed by atoms with E-state index in [1.165, 1.54) is 11.0 Å². The Balaban J connectivity index is 3.16. The van der Waals surface area contributed by atoms with Gasteiger partial charge in [0.15, 0.2) is 0 Å². The van der Waals surface area contributed by atoms with Crippen LogP contribution in [-0.4, -0.2) is 34.2 Å². The van der Waals surface area contributed by atoms with Crippen molar-refractivity contribution >= 4 is 27.5 Å². The van der Waals surface area contributed by atoms with Crippen molar-refractivity contribution in [3.63, 3.8) is 0 Å². The first kappa shape index (κ1) is 14.6. The normalized spacial score (nSPS) is 12.0. The van der Waals surface area contributed by atoms with Crippen molar-refractivity contribution in [3.8, 4) is 0 Å². The summed E-state index contributed by atoms with van der Waals surface area (Å²) < 4.78 is 0. The first-order valence-corrected chi connectivity index (χ1v) is 6.39. The van der Waals surface area contributed by atoms with E-state index in [1.807, 2.05) is 6.92 Å². The maximum Gasteiger partial charge on any atom is 0.282 e. The quantitative estimate of drug-likeness (QED) is 0.487. The van der Waals surface area contributed by atoms with E-state index in [2.05, 4.69) is 15.9 Å². The van der Waals surface area contributed by atoms with Gasteiger partial charge in [0.05, 0.1) is 4.92 Å². The van der Waals surface area contributed by atoms with E-state index in [4.69, 9.17) is 0 Å². The predicted molar refractivity (Wildman–Crippen MR) is 73.2 cm³/mol. The largest absolute Gasteiger partial charge is 0.340 e. The Hall–Kier alpha value is -1.43. The van der Waals surface area contributed by atoms with Gasteiger partial charge in [0.25, 0.3) is 11.6 Å². The topological polar surface area (TPSA) is 63.5 Å². The fourth-order valence-electron chi connectivity index (χ4n) is 1.73. The van der Waals surface area contributed by atoms with Crippen LogP contribution in [0.15, 0.2) is 18.2 Å². The molecule has 0 aliphatic rings. The van der Waals surface area contributed by atoms with Crippen LogP contribution in [0, 0.1) is 17.0 Å². The van der Waals surface area contributed by atoms with Crippen LogP contribution >= 0.6 is 15.9 Å². The molecular formula is C12H15BrN2O3. The van der Waals surface area contributed by atoms with E-state index < -0.39 is 4.92 Å². The number of nitro benzene ring substituents is 1. The fourth-order valence-corrected chi connectivity index (χ4v) is 2.17. The third kappa shape index (κ3) is 3.29. The maximum atomic E-state index is 12.2. The molecule has 98 valence electrons. The highest BCUT2D eigenvalue weighted by atomic mass is 79.9. The first-order chi connectivity index (χ1) is 8.34. The Kier molecular flexibility index (Phi) is 4.84. The Morgan fingerprint density at radius 3 is 2.67 bits per heavy atom. The van der Waals surface area contributed by atoms with Crippen LogP contribution in [0.3, 0.4) is 0 Å². The molecule has 0 fully saturated rings. The van der Waals surface area contributed by atoms with Crippen molar-refractivity contribution in [1.29, 1.82) is 0 Å². The molecular weight excluding hydrogens is 300 g/mol. The van der Waals surface area contributed by atoms with Gasteiger partial charge < -0.3 is 4.90 Å². The summed E-state index contributed by atoms with van der Waals surface area (Å²) in [4.78, 5) is 24.3. The van der Waals surface area contributed by atoms with Crippen LogP contribution in [0.5, 0.6) is 0 Å². The number of nitrogens with zero attached hydrogens (tertiary/aromatic N) is 2. The molecule has 0 heterocycles. The highest BCUT2D eigenvalue weighted by molar-refractivity contribution is 9.09. The Morgan fingerprint density at radius 2 is 2.17 bits per heavy atom. The Morgan fingerprint density at radius 1 is 1.56 bits per heavy atom. The van der Waals surface area contributed by atoms with E-state index in [0.29, 0.717) is 12.1 Å². The van der Waals surface area contributed by atoms with E-state index in [0.717, 1.165) is 0 Å². The summed E-state index contributed by atoms with van der Waals surface area (Å²) in [5.74, 6) is -0.328. The van der Waals surface area contributed by atoms with Gasteiger partial charge in [-0.1, -0.05) is 35.0 Å². The minimum Gasteiger partial charge on any atom is -0.340 e. The summed E-state index contributed by atoms with van der Waals surface area (Å²) in [6, 6.07) is 4.63. The van der Waals surface area contributed by atoms with Crippen LogP contribution in [0.4, 0.5) is 5.69 Å². The molecule has 0 aliphatic carbocycles. The zero-order chi connectivity index (χ0) is 13.9. The number of nitro groups is 1. The summed E-state index contributed by atoms with van der Waals surface area (Å²) in [7, 11) is 1.64. The highest BCUT2D eigenvalue weighted by Crippen LogP contribution is 2.23. The van der Waals surface area contributed by atoms with Gasteiger partial charge in [-0.3, -0.25) is 14.9 Å². The first-order valence-electron chi connectivity index (χ1n) is 5.48. The molecule has 0 aliphatic heterocycles. The fraction of sp³-hybridized carbons (Fsp3) is 0.417. The van der Waals surface area contributed by atoms with Crippen molar-refractivity contribution in [2.75, 3.05) is 13.6 Å². The van der Waals surface area contributed by atoms with E-state index in [9.17, 15) is 14.9 Å². The molecule has 0 saturated heterocycles. The monoisotopic (exact) mass is 314 g/mol. The molecule has 6 heteroatoms. The zero-order valence-corrected chi connectivity index (χ0v) is 12.1. The van der Waals surface area contributed by atoms with Crippen molar-refractivity contribution in [3.05, 3.63) is 39.4 Å². The van der Waals surface area contributed by atoms with E-state index >= 15 is 0 Å². The van der Waals surface area contributed by atoms with Gasteiger partial charge in [0.2, 0.25) is 0 Å². The van der Waals surface area contributed by atoms with Gasteiger partial charge in [0, 0.05) is 24.5 Å². The van der Waals surface area contributed by atoms with Gasteiger partial charge >= 0.3 is 0 Å². The molecule has 1 aromatic carbocycles. The summed E-state index contributed by atoms with van der Waals surface area (Å²) in [6.45, 7) is 4.10. The number of amides is 1. The number of carbonyl (C=O) groups is 1. The smallest absolute Gasteiger partial charge is 0.282 e. The second-order valence-electron chi connectivity index (χ2n) is 4.19. The maximum absolute atomic E-state index is 12.2. The summed E-state index contributed by atoms with van der Waals surface area (Å²) in [5.41, 5.74) is 0.635. The minimum absolute atomic E-state index is 0.134. The summed E-state index contributed by atoms with van der Waals surface area (Å²) in [6.07, 6.45) is 0. The summed E-state index contributed by atoms with van der Waals surface area (Å²) >= 11 is 3.35. The number of halogens is 1. The molecule has 1 amide bonds. The van der Waals surface area contributed by atoms with Crippen molar-refractivity contribution in [2.45, 2.75) is 18.7 Å². The van der Waals surface area contributed by atoms with Gasteiger partial charge in [-0.25, -0.2) is 0 Å². The van der Waals surface area contributed by atoms with Gasteiger partial charge in [-0.15, -0.1) is 0 Å². The van der Waals surface area contributed by atoms with Crippen LogP contribution in [0.1, 0.15) is 22.8 Å². The second-order valence-corrected chi connectivity index (χ2v) is 5.76. The number of aryl methyl sites for hydroxylation is 1. The average molecular weight is 315 g/mol. The highest BCUT2D eigenvalue weighted by Gasteiger charge is 2.25. The van der Waals surface area contributed by atoms with Crippen LogP contribution in [0.2, 0.25) is 0 Å². The van der Waals surface area contributed by atoms with Crippen LogP contribution in [0.25, 0.3) is 0 Å². The molecule has 1 unspecified atom stereocenters. The number of benzene rings is 1. The molecule has 5 nitrogen and oxygen atoms in total. The zero-order valence-electron chi connectivity index (χ0n) is 10.5. The molecule has 0 radical (unpaired) electrons. The van der Waals surface area contributed by atoms with E-state index in [-0.39, 0.29) is 22.0 Å². The number of hydrogen-bond donors (Lipinski definition) is 0. The number of alkyl halides is 1. The molecule has 0 spiro atoms. The van der Waals surface area contributed by atoms with Crippen LogP contribution < -0.4 is 0 Å². The van der Waals surface area contributed by atoms with Crippen molar-refractivity contribution in [2.24, 2.45) is 0 Å². The minimum atomic E-state index is -0.522. The molecule has 0 bridgehead atoms. The third-order valence-corrected chi connectivity index (χ3v) is 2.82. The number of carbonyl (C=O) groups excluding carboxylic acids is 1.